The van der Waals surface area contributed by atoms with Crippen LogP contribution in [0.4, 0.5) is 13.9 Å². The van der Waals surface area contributed by atoms with Crippen molar-refractivity contribution in [2.75, 3.05) is 38.7 Å². The zero-order chi connectivity index (χ0) is 27.3. The van der Waals surface area contributed by atoms with Gasteiger partial charge in [-0.15, -0.1) is 11.8 Å². The number of alkyl halides is 2. The third-order valence-corrected chi connectivity index (χ3v) is 6.78. The molecule has 0 spiro atoms. The lowest BCUT2D eigenvalue weighted by molar-refractivity contribution is -0.150. The Morgan fingerprint density at radius 1 is 1.41 bits per heavy atom. The van der Waals surface area contributed by atoms with Gasteiger partial charge in [-0.25, -0.2) is 4.79 Å². The van der Waals surface area contributed by atoms with Crippen molar-refractivity contribution in [1.82, 2.24) is 29.8 Å². The van der Waals surface area contributed by atoms with Crippen LogP contribution in [-0.2, 0) is 24.0 Å². The fraction of sp³-hybridized carbons (Fsp3) is 0.421. The number of rotatable bonds is 11. The summed E-state index contributed by atoms with van der Waals surface area (Å²) in [7, 11) is 3.24. The molecule has 3 heterocycles. The number of nitrogens with two attached hydrogens (primary N) is 1. The van der Waals surface area contributed by atoms with E-state index in [0.717, 1.165) is 4.90 Å². The molecule has 200 valence electrons. The number of aromatic nitrogens is 2. The van der Waals surface area contributed by atoms with Crippen LogP contribution in [0.2, 0.25) is 0 Å². The van der Waals surface area contributed by atoms with Gasteiger partial charge >= 0.3 is 12.6 Å². The quantitative estimate of drug-likeness (QED) is 0.113. The minimum absolute atomic E-state index is 0.0578. The number of nitrogens with one attached hydrogen (secondary N) is 2. The van der Waals surface area contributed by atoms with E-state index in [9.17, 15) is 33.1 Å². The number of hydrogen-bond donors (Lipinski definition) is 4. The van der Waals surface area contributed by atoms with Crippen molar-refractivity contribution < 1.29 is 37.9 Å². The summed E-state index contributed by atoms with van der Waals surface area (Å²) >= 11 is 1.88. The summed E-state index contributed by atoms with van der Waals surface area (Å²) in [6.07, 6.45) is 3.17. The molecule has 14 nitrogen and oxygen atoms in total. The van der Waals surface area contributed by atoms with E-state index in [4.69, 9.17) is 5.73 Å². The van der Waals surface area contributed by atoms with Gasteiger partial charge in [-0.1, -0.05) is 17.3 Å². The average Bonchev–Trinajstić information content (AvgIpc) is 3.26. The van der Waals surface area contributed by atoms with E-state index >= 15 is 0 Å². The number of allylic oxidation sites excluding steroid dienone is 1. The third kappa shape index (κ3) is 6.57. The first kappa shape index (κ1) is 27.9. The lowest BCUT2D eigenvalue weighted by Gasteiger charge is -2.49. The number of carboxylic acids is 1. The van der Waals surface area contributed by atoms with Crippen LogP contribution in [0.1, 0.15) is 5.82 Å². The number of halogens is 2. The SMILES string of the molecule is CN(C)C(=O)CNC/C=C/C1=C(C(=O)O)N2C(=O)[C@@H](NC(=O)/C(=N\OC(F)F)c3nsc(N)n3)[C@@H]2SC1. The number of oxime groups is 1. The number of carboxylic acid groups (broad SMARTS) is 1. The number of nitrogen functional groups attached to an aromatic ring is 1. The Balaban J connectivity index is 1.70. The first-order valence-electron chi connectivity index (χ1n) is 10.4. The Hall–Kier alpha value is -3.64. The lowest BCUT2D eigenvalue weighted by atomic mass is 10.0. The highest BCUT2D eigenvalue weighted by atomic mass is 32.2. The molecule has 18 heteroatoms. The van der Waals surface area contributed by atoms with Crippen molar-refractivity contribution >= 4 is 57.8 Å². The van der Waals surface area contributed by atoms with Crippen molar-refractivity contribution in [1.29, 1.82) is 0 Å². The Bertz CT molecular complexity index is 1170. The maximum absolute atomic E-state index is 12.8. The molecule has 2 aliphatic rings. The average molecular weight is 561 g/mol. The molecule has 37 heavy (non-hydrogen) atoms. The minimum Gasteiger partial charge on any atom is -0.477 e. The van der Waals surface area contributed by atoms with Crippen LogP contribution in [0.3, 0.4) is 0 Å². The highest BCUT2D eigenvalue weighted by Gasteiger charge is 2.54. The molecule has 1 saturated heterocycles. The second kappa shape index (κ2) is 12.1. The maximum atomic E-state index is 12.8. The van der Waals surface area contributed by atoms with Gasteiger partial charge in [0.25, 0.3) is 11.8 Å². The molecule has 5 N–H and O–H groups in total. The van der Waals surface area contributed by atoms with Crippen LogP contribution in [0.15, 0.2) is 28.6 Å². The first-order valence-corrected chi connectivity index (χ1v) is 12.2. The number of carbonyl (C=O) groups is 4. The van der Waals surface area contributed by atoms with Crippen LogP contribution in [0.5, 0.6) is 0 Å². The molecule has 0 aliphatic carbocycles. The molecule has 1 aromatic heterocycles. The van der Waals surface area contributed by atoms with Crippen molar-refractivity contribution in [2.45, 2.75) is 18.0 Å². The third-order valence-electron chi connectivity index (χ3n) is 4.94. The number of fused-ring (bicyclic) bond motifs is 1. The van der Waals surface area contributed by atoms with Gasteiger partial charge in [-0.2, -0.15) is 18.1 Å². The van der Waals surface area contributed by atoms with Crippen molar-refractivity contribution in [2.24, 2.45) is 5.16 Å². The number of likely N-dealkylation sites (N-methyl/N-ethyl adjacent to an activating group) is 1. The largest absolute Gasteiger partial charge is 0.477 e. The molecular formula is C19H22F2N8O6S2. The van der Waals surface area contributed by atoms with Gasteiger partial charge in [0, 0.05) is 37.9 Å². The van der Waals surface area contributed by atoms with Crippen molar-refractivity contribution in [3.63, 3.8) is 0 Å². The van der Waals surface area contributed by atoms with Gasteiger partial charge in [0.15, 0.2) is 5.13 Å². The number of carbonyl (C=O) groups excluding carboxylic acids is 3. The topological polar surface area (TPSA) is 192 Å². The van der Waals surface area contributed by atoms with Gasteiger partial charge in [-0.05, 0) is 5.57 Å². The summed E-state index contributed by atoms with van der Waals surface area (Å²) < 4.78 is 28.7. The number of amides is 3. The van der Waals surface area contributed by atoms with E-state index in [-0.39, 0.29) is 41.4 Å². The number of hydrogen-bond acceptors (Lipinski definition) is 12. The summed E-state index contributed by atoms with van der Waals surface area (Å²) in [4.78, 5) is 59.1. The number of thioether (sulfide) groups is 1. The molecule has 0 bridgehead atoms. The van der Waals surface area contributed by atoms with E-state index in [1.807, 2.05) is 0 Å². The van der Waals surface area contributed by atoms with E-state index < -0.39 is 41.5 Å². The Labute approximate surface area is 216 Å². The van der Waals surface area contributed by atoms with Gasteiger partial charge in [-0.3, -0.25) is 19.3 Å². The zero-order valence-corrected chi connectivity index (χ0v) is 21.0. The molecule has 3 rings (SSSR count). The van der Waals surface area contributed by atoms with E-state index in [1.54, 1.807) is 26.2 Å². The molecule has 3 amide bonds. The molecule has 0 unspecified atom stereocenters. The molecule has 1 aromatic rings. The Morgan fingerprint density at radius 3 is 2.73 bits per heavy atom. The predicted octanol–water partition coefficient (Wildman–Crippen LogP) is -0.964. The van der Waals surface area contributed by atoms with Crippen LogP contribution in [-0.4, -0.2) is 105 Å². The predicted molar refractivity (Wildman–Crippen MR) is 128 cm³/mol. The molecule has 1 fully saturated rings. The van der Waals surface area contributed by atoms with Crippen LogP contribution in [0, 0.1) is 0 Å². The van der Waals surface area contributed by atoms with Crippen LogP contribution < -0.4 is 16.4 Å². The lowest BCUT2D eigenvalue weighted by Crippen LogP contribution is -2.71. The highest BCUT2D eigenvalue weighted by Crippen LogP contribution is 2.40. The Morgan fingerprint density at radius 2 is 2.14 bits per heavy atom. The molecule has 0 aromatic carbocycles. The summed E-state index contributed by atoms with van der Waals surface area (Å²) in [6, 6.07) is -1.16. The standard InChI is InChI=1S/C19H22F2N8O6S2/c1-28(2)9(30)6-23-5-3-4-8-7-36-16-11(15(32)29(16)12(8)17(33)34)24-14(31)10(26-35-18(20)21)13-25-19(22)37-27-13/h3-4,11,16,18,23H,5-7H2,1-2H3,(H,24,31)(H,33,34)(H2,22,25,27)/b4-3+,26-10-/t11-,16+/m1/s1. The van der Waals surface area contributed by atoms with Gasteiger partial charge < -0.3 is 31.2 Å². The second-order valence-corrected chi connectivity index (χ2v) is 9.51. The highest BCUT2D eigenvalue weighted by molar-refractivity contribution is 8.00. The van der Waals surface area contributed by atoms with Crippen molar-refractivity contribution in [3.05, 3.63) is 29.2 Å². The van der Waals surface area contributed by atoms with Crippen LogP contribution >= 0.6 is 23.3 Å². The fourth-order valence-electron chi connectivity index (χ4n) is 3.21. The summed E-state index contributed by atoms with van der Waals surface area (Å²) in [5, 5.41) is 17.2. The summed E-state index contributed by atoms with van der Waals surface area (Å²) in [6.45, 7) is -2.94. The summed E-state index contributed by atoms with van der Waals surface area (Å²) in [5.41, 5.74) is 4.86. The van der Waals surface area contributed by atoms with Crippen molar-refractivity contribution in [3.8, 4) is 0 Å². The first-order chi connectivity index (χ1) is 17.5. The van der Waals surface area contributed by atoms with E-state index in [0.29, 0.717) is 17.1 Å². The van der Waals surface area contributed by atoms with Gasteiger partial charge in [0.05, 0.1) is 6.54 Å². The summed E-state index contributed by atoms with van der Waals surface area (Å²) in [5.74, 6) is -3.44. The number of anilines is 1. The normalized spacial score (nSPS) is 19.6. The second-order valence-electron chi connectivity index (χ2n) is 7.62. The maximum Gasteiger partial charge on any atom is 0.407 e. The number of nitrogens with zero attached hydrogens (tertiary/aromatic N) is 5. The molecule has 0 saturated carbocycles. The molecular weight excluding hydrogens is 538 g/mol. The zero-order valence-electron chi connectivity index (χ0n) is 19.4. The number of β-lactam (4-membered cyclic amide) rings is 1. The fourth-order valence-corrected chi connectivity index (χ4v) is 4.96. The smallest absolute Gasteiger partial charge is 0.407 e. The monoisotopic (exact) mass is 560 g/mol. The Kier molecular flexibility index (Phi) is 9.11. The molecule has 0 radical (unpaired) electrons. The van der Waals surface area contributed by atoms with E-state index in [2.05, 4.69) is 30.0 Å². The molecule has 2 aliphatic heterocycles. The van der Waals surface area contributed by atoms with Gasteiger partial charge in [0.1, 0.15) is 17.1 Å². The number of aliphatic carboxylic acids is 1. The van der Waals surface area contributed by atoms with Gasteiger partial charge in [0.2, 0.25) is 17.4 Å². The molecule has 2 atom stereocenters. The van der Waals surface area contributed by atoms with Crippen LogP contribution in [0.25, 0.3) is 0 Å². The van der Waals surface area contributed by atoms with E-state index in [1.165, 1.54) is 16.7 Å². The minimum atomic E-state index is -3.33.